The van der Waals surface area contributed by atoms with Crippen LogP contribution in [0.2, 0.25) is 0 Å². The summed E-state index contributed by atoms with van der Waals surface area (Å²) in [4.78, 5) is 8.64. The van der Waals surface area contributed by atoms with Gasteiger partial charge >= 0.3 is 0 Å². The highest BCUT2D eigenvalue weighted by Crippen LogP contribution is 2.21. The van der Waals surface area contributed by atoms with E-state index in [9.17, 15) is 0 Å². The molecule has 0 amide bonds. The zero-order valence-corrected chi connectivity index (χ0v) is 13.1. The molecular weight excluding hydrogens is 304 g/mol. The molecule has 1 aromatic carbocycles. The van der Waals surface area contributed by atoms with Gasteiger partial charge in [-0.3, -0.25) is 4.68 Å². The first-order chi connectivity index (χ1) is 11.6. The number of fused-ring (bicyclic) bond motifs is 1. The van der Waals surface area contributed by atoms with Gasteiger partial charge in [0, 0.05) is 30.9 Å². The van der Waals surface area contributed by atoms with Crippen LogP contribution in [-0.4, -0.2) is 29.4 Å². The summed E-state index contributed by atoms with van der Waals surface area (Å²) in [5, 5.41) is 8.79. The van der Waals surface area contributed by atoms with Crippen LogP contribution in [0.4, 0.5) is 11.6 Å². The summed E-state index contributed by atoms with van der Waals surface area (Å²) < 4.78 is 3.37. The Morgan fingerprint density at radius 3 is 2.75 bits per heavy atom. The quantitative estimate of drug-likeness (QED) is 0.550. The fourth-order valence-electron chi connectivity index (χ4n) is 2.69. The Bertz CT molecular complexity index is 1030. The van der Waals surface area contributed by atoms with Crippen LogP contribution < -0.4 is 11.5 Å². The molecule has 4 aromatic rings. The molecule has 4 rings (SSSR count). The van der Waals surface area contributed by atoms with E-state index in [0.717, 1.165) is 16.8 Å². The van der Waals surface area contributed by atoms with Gasteiger partial charge in [-0.2, -0.15) is 24.7 Å². The lowest BCUT2D eigenvalue weighted by atomic mass is 10.1. The van der Waals surface area contributed by atoms with Crippen molar-refractivity contribution in [2.24, 2.45) is 7.05 Å². The molecule has 4 N–H and O–H groups in total. The van der Waals surface area contributed by atoms with Crippen molar-refractivity contribution in [2.75, 3.05) is 11.5 Å². The minimum Gasteiger partial charge on any atom is -0.399 e. The first-order valence-electron chi connectivity index (χ1n) is 7.45. The van der Waals surface area contributed by atoms with Crippen LogP contribution in [0.25, 0.3) is 17.2 Å². The molecule has 120 valence electrons. The summed E-state index contributed by atoms with van der Waals surface area (Å²) in [7, 11) is 1.85. The van der Waals surface area contributed by atoms with Crippen molar-refractivity contribution in [2.45, 2.75) is 6.42 Å². The maximum absolute atomic E-state index is 5.90. The third-order valence-corrected chi connectivity index (χ3v) is 3.75. The van der Waals surface area contributed by atoms with Crippen molar-refractivity contribution in [3.05, 3.63) is 53.9 Å². The Balaban J connectivity index is 1.83. The minimum absolute atomic E-state index is 0.192. The number of nitrogens with zero attached hydrogens (tertiary/aromatic N) is 6. The van der Waals surface area contributed by atoms with Crippen LogP contribution in [-0.2, 0) is 13.5 Å². The van der Waals surface area contributed by atoms with Crippen molar-refractivity contribution in [1.82, 2.24) is 29.4 Å². The Morgan fingerprint density at radius 1 is 1.12 bits per heavy atom. The lowest BCUT2D eigenvalue weighted by Crippen LogP contribution is -2.06. The van der Waals surface area contributed by atoms with Crippen molar-refractivity contribution in [3.8, 4) is 11.5 Å². The fraction of sp³-hybridized carbons (Fsp3) is 0.125. The smallest absolute Gasteiger partial charge is 0.224 e. The lowest BCUT2D eigenvalue weighted by molar-refractivity contribution is 0.765. The van der Waals surface area contributed by atoms with E-state index in [-0.39, 0.29) is 5.95 Å². The van der Waals surface area contributed by atoms with Gasteiger partial charge in [0.2, 0.25) is 5.95 Å². The molecular formula is C16H16N8. The standard InChI is InChI=1S/C16H16N8/c1-23-6-5-13(22-23)15-21-16(18)20-14-11(9-19-24(14)15)7-10-3-2-4-12(17)8-10/h2-6,8-9H,7,17H2,1H3,(H2,18,20). The van der Waals surface area contributed by atoms with E-state index in [2.05, 4.69) is 20.2 Å². The van der Waals surface area contributed by atoms with Gasteiger partial charge < -0.3 is 11.5 Å². The number of rotatable bonds is 3. The van der Waals surface area contributed by atoms with E-state index < -0.39 is 0 Å². The van der Waals surface area contributed by atoms with Crippen LogP contribution in [0.5, 0.6) is 0 Å². The first-order valence-corrected chi connectivity index (χ1v) is 7.45. The van der Waals surface area contributed by atoms with Gasteiger partial charge in [0.15, 0.2) is 11.5 Å². The summed E-state index contributed by atoms with van der Waals surface area (Å²) in [5.41, 5.74) is 15.9. The zero-order chi connectivity index (χ0) is 16.7. The molecule has 24 heavy (non-hydrogen) atoms. The predicted octanol–water partition coefficient (Wildman–Crippen LogP) is 1.28. The average molecular weight is 320 g/mol. The molecule has 3 heterocycles. The van der Waals surface area contributed by atoms with Gasteiger partial charge in [-0.05, 0) is 23.8 Å². The average Bonchev–Trinajstić information content (AvgIpc) is 3.14. The number of nitrogens with two attached hydrogens (primary N) is 2. The second kappa shape index (κ2) is 5.34. The van der Waals surface area contributed by atoms with Crippen molar-refractivity contribution in [1.29, 1.82) is 0 Å². The Morgan fingerprint density at radius 2 is 2.00 bits per heavy atom. The maximum atomic E-state index is 5.90. The molecule has 0 saturated carbocycles. The summed E-state index contributed by atoms with van der Waals surface area (Å²) in [6.45, 7) is 0. The monoisotopic (exact) mass is 320 g/mol. The van der Waals surface area contributed by atoms with E-state index in [0.29, 0.717) is 23.6 Å². The van der Waals surface area contributed by atoms with Crippen molar-refractivity contribution in [3.63, 3.8) is 0 Å². The third kappa shape index (κ3) is 2.43. The van der Waals surface area contributed by atoms with E-state index >= 15 is 0 Å². The van der Waals surface area contributed by atoms with Crippen molar-refractivity contribution < 1.29 is 0 Å². The van der Waals surface area contributed by atoms with Crippen molar-refractivity contribution >= 4 is 17.3 Å². The second-order valence-corrected chi connectivity index (χ2v) is 5.61. The molecule has 0 fully saturated rings. The summed E-state index contributed by atoms with van der Waals surface area (Å²) in [6.07, 6.45) is 4.28. The van der Waals surface area contributed by atoms with E-state index in [4.69, 9.17) is 11.5 Å². The van der Waals surface area contributed by atoms with Gasteiger partial charge in [0.05, 0.1) is 6.20 Å². The molecule has 0 saturated heterocycles. The van der Waals surface area contributed by atoms with Gasteiger partial charge in [0.1, 0.15) is 5.69 Å². The molecule has 0 aliphatic heterocycles. The van der Waals surface area contributed by atoms with Crippen LogP contribution in [0.15, 0.2) is 42.7 Å². The largest absolute Gasteiger partial charge is 0.399 e. The minimum atomic E-state index is 0.192. The summed E-state index contributed by atoms with van der Waals surface area (Å²) in [6, 6.07) is 9.61. The highest BCUT2D eigenvalue weighted by atomic mass is 15.3. The number of anilines is 2. The van der Waals surface area contributed by atoms with Crippen LogP contribution in [0, 0.1) is 0 Å². The Labute approximate surface area is 137 Å². The number of aryl methyl sites for hydroxylation is 1. The van der Waals surface area contributed by atoms with Crippen LogP contribution in [0.3, 0.4) is 0 Å². The number of benzene rings is 1. The lowest BCUT2D eigenvalue weighted by Gasteiger charge is -2.04. The summed E-state index contributed by atoms with van der Waals surface area (Å²) >= 11 is 0. The normalized spacial score (nSPS) is 11.2. The second-order valence-electron chi connectivity index (χ2n) is 5.61. The van der Waals surface area contributed by atoms with Gasteiger partial charge in [0.25, 0.3) is 0 Å². The molecule has 0 atom stereocenters. The Hall–Kier alpha value is -3.42. The molecule has 0 radical (unpaired) electrons. The number of hydrogen-bond donors (Lipinski definition) is 2. The van der Waals surface area contributed by atoms with E-state index in [1.807, 2.05) is 43.6 Å². The molecule has 8 heteroatoms. The van der Waals surface area contributed by atoms with Crippen LogP contribution >= 0.6 is 0 Å². The van der Waals surface area contributed by atoms with Gasteiger partial charge in [-0.25, -0.2) is 0 Å². The summed E-state index contributed by atoms with van der Waals surface area (Å²) in [5.74, 6) is 0.759. The molecule has 8 nitrogen and oxygen atoms in total. The predicted molar refractivity (Wildman–Crippen MR) is 91.1 cm³/mol. The number of aromatic nitrogens is 6. The zero-order valence-electron chi connectivity index (χ0n) is 13.1. The van der Waals surface area contributed by atoms with E-state index in [1.54, 1.807) is 15.4 Å². The molecule has 3 aromatic heterocycles. The topological polar surface area (TPSA) is 113 Å². The van der Waals surface area contributed by atoms with Gasteiger partial charge in [-0.15, -0.1) is 0 Å². The van der Waals surface area contributed by atoms with Crippen LogP contribution in [0.1, 0.15) is 11.1 Å². The number of hydrogen-bond acceptors (Lipinski definition) is 6. The molecule has 0 aliphatic rings. The SMILES string of the molecule is Cn1ccc(-c2nc(N)nc3c(Cc4cccc(N)c4)cnn23)n1. The first kappa shape index (κ1) is 14.2. The Kier molecular flexibility index (Phi) is 3.16. The molecule has 0 spiro atoms. The highest BCUT2D eigenvalue weighted by Gasteiger charge is 2.15. The fourth-order valence-corrected chi connectivity index (χ4v) is 2.69. The molecule has 0 unspecified atom stereocenters. The van der Waals surface area contributed by atoms with E-state index in [1.165, 1.54) is 0 Å². The van der Waals surface area contributed by atoms with Gasteiger partial charge in [-0.1, -0.05) is 12.1 Å². The third-order valence-electron chi connectivity index (χ3n) is 3.75. The highest BCUT2D eigenvalue weighted by molar-refractivity contribution is 5.60. The molecule has 0 bridgehead atoms. The maximum Gasteiger partial charge on any atom is 0.224 e. The number of nitrogen functional groups attached to an aromatic ring is 2. The molecule has 0 aliphatic carbocycles.